The van der Waals surface area contributed by atoms with E-state index in [1.54, 1.807) is 0 Å². The molecule has 0 unspecified atom stereocenters. The van der Waals surface area contributed by atoms with Crippen LogP contribution < -0.4 is 14.5 Å². The molecular formula is C35H35N3O2. The minimum absolute atomic E-state index is 0.0929. The van der Waals surface area contributed by atoms with Crippen LogP contribution in [0, 0.1) is 0 Å². The first-order valence-electron chi connectivity index (χ1n) is 15.3. The lowest BCUT2D eigenvalue weighted by Gasteiger charge is -2.48. The number of benzene rings is 3. The average Bonchev–Trinajstić information content (AvgIpc) is 3.23. The van der Waals surface area contributed by atoms with Gasteiger partial charge in [0, 0.05) is 71.9 Å². The van der Waals surface area contributed by atoms with Crippen molar-refractivity contribution in [3.63, 3.8) is 0 Å². The Morgan fingerprint density at radius 2 is 1.32 bits per heavy atom. The minimum Gasteiger partial charge on any atom is -0.456 e. The van der Waals surface area contributed by atoms with Gasteiger partial charge in [-0.3, -0.25) is 4.79 Å². The van der Waals surface area contributed by atoms with E-state index in [0.717, 1.165) is 98.5 Å². The minimum atomic E-state index is -0.721. The number of amides is 1. The first kappa shape index (κ1) is 23.0. The van der Waals surface area contributed by atoms with Gasteiger partial charge in [-0.1, -0.05) is 24.3 Å². The molecule has 6 aliphatic rings. The summed E-state index contributed by atoms with van der Waals surface area (Å²) in [6.07, 6.45) is 10.7. The van der Waals surface area contributed by atoms with Gasteiger partial charge in [0.05, 0.1) is 0 Å². The maximum absolute atomic E-state index is 14.3. The van der Waals surface area contributed by atoms with Crippen molar-refractivity contribution in [1.29, 1.82) is 0 Å². The van der Waals surface area contributed by atoms with Crippen LogP contribution in [0.2, 0.25) is 0 Å². The SMILES string of the molecule is C=CCN1C(=O)c2ccccc2C12c1cc3c4c(c1Oc1c2cc2c5c1CCCN5CCC2)CCCN4CCC3. The van der Waals surface area contributed by atoms with Crippen molar-refractivity contribution < 1.29 is 9.53 Å². The van der Waals surface area contributed by atoms with Gasteiger partial charge < -0.3 is 19.4 Å². The second-order valence-corrected chi connectivity index (χ2v) is 12.4. The number of hydrogen-bond donors (Lipinski definition) is 0. The number of rotatable bonds is 2. The molecule has 0 aromatic heterocycles. The maximum Gasteiger partial charge on any atom is 0.255 e. The number of carbonyl (C=O) groups excluding carboxylic acids is 1. The highest BCUT2D eigenvalue weighted by Gasteiger charge is 2.57. The molecule has 1 spiro atoms. The van der Waals surface area contributed by atoms with Crippen molar-refractivity contribution in [3.8, 4) is 11.5 Å². The van der Waals surface area contributed by atoms with E-state index >= 15 is 0 Å². The fourth-order valence-corrected chi connectivity index (χ4v) is 9.04. The molecule has 3 aromatic rings. The number of nitrogens with zero attached hydrogens (tertiary/aromatic N) is 3. The predicted octanol–water partition coefficient (Wildman–Crippen LogP) is 6.12. The highest BCUT2D eigenvalue weighted by molar-refractivity contribution is 6.03. The van der Waals surface area contributed by atoms with Gasteiger partial charge in [0.25, 0.3) is 5.91 Å². The number of anilines is 2. The van der Waals surface area contributed by atoms with Crippen LogP contribution in [0.3, 0.4) is 0 Å². The summed E-state index contributed by atoms with van der Waals surface area (Å²) in [4.78, 5) is 21.6. The van der Waals surface area contributed by atoms with E-state index in [9.17, 15) is 4.79 Å². The first-order valence-corrected chi connectivity index (χ1v) is 15.3. The summed E-state index contributed by atoms with van der Waals surface area (Å²) < 4.78 is 7.26. The zero-order valence-corrected chi connectivity index (χ0v) is 23.1. The number of ether oxygens (including phenoxy) is 1. The van der Waals surface area contributed by atoms with Crippen molar-refractivity contribution >= 4 is 17.3 Å². The molecule has 9 rings (SSSR count). The van der Waals surface area contributed by atoms with Crippen LogP contribution in [-0.2, 0) is 31.2 Å². The lowest BCUT2D eigenvalue weighted by Crippen LogP contribution is -2.48. The van der Waals surface area contributed by atoms with Crippen LogP contribution in [0.4, 0.5) is 11.4 Å². The van der Waals surface area contributed by atoms with Gasteiger partial charge >= 0.3 is 0 Å². The van der Waals surface area contributed by atoms with E-state index in [4.69, 9.17) is 4.74 Å². The molecule has 202 valence electrons. The van der Waals surface area contributed by atoms with E-state index in [1.807, 2.05) is 18.2 Å². The normalized spacial score (nSPS) is 20.8. The van der Waals surface area contributed by atoms with Gasteiger partial charge in [0.1, 0.15) is 17.0 Å². The monoisotopic (exact) mass is 529 g/mol. The Labute approximate surface area is 236 Å². The molecular weight excluding hydrogens is 494 g/mol. The van der Waals surface area contributed by atoms with Gasteiger partial charge in [-0.05, 0) is 86.3 Å². The fourth-order valence-electron chi connectivity index (χ4n) is 9.04. The molecule has 0 N–H and O–H groups in total. The third-order valence-corrected chi connectivity index (χ3v) is 10.4. The van der Waals surface area contributed by atoms with Crippen LogP contribution >= 0.6 is 0 Å². The zero-order valence-electron chi connectivity index (χ0n) is 23.1. The van der Waals surface area contributed by atoms with E-state index in [2.05, 4.69) is 45.5 Å². The topological polar surface area (TPSA) is 36.0 Å². The van der Waals surface area contributed by atoms with Crippen LogP contribution in [0.5, 0.6) is 11.5 Å². The third kappa shape index (κ3) is 2.71. The molecule has 0 fully saturated rings. The van der Waals surface area contributed by atoms with Crippen LogP contribution in [0.1, 0.15) is 75.0 Å². The molecule has 0 atom stereocenters. The predicted molar refractivity (Wildman–Crippen MR) is 158 cm³/mol. The Morgan fingerprint density at radius 3 is 1.90 bits per heavy atom. The van der Waals surface area contributed by atoms with E-state index in [0.29, 0.717) is 6.54 Å². The van der Waals surface area contributed by atoms with Crippen LogP contribution in [0.25, 0.3) is 0 Å². The summed E-state index contributed by atoms with van der Waals surface area (Å²) in [6, 6.07) is 13.2. The molecule has 40 heavy (non-hydrogen) atoms. The van der Waals surface area contributed by atoms with Gasteiger partial charge in [0.2, 0.25) is 0 Å². The van der Waals surface area contributed by atoms with Crippen molar-refractivity contribution in [2.45, 2.75) is 56.9 Å². The first-order chi connectivity index (χ1) is 19.7. The number of aryl methyl sites for hydroxylation is 2. The number of fused-ring (bicyclic) bond motifs is 8. The molecule has 0 saturated carbocycles. The Morgan fingerprint density at radius 1 is 0.775 bits per heavy atom. The van der Waals surface area contributed by atoms with Crippen molar-refractivity contribution in [1.82, 2.24) is 4.90 Å². The van der Waals surface area contributed by atoms with Crippen molar-refractivity contribution in [2.75, 3.05) is 42.5 Å². The number of hydrogen-bond acceptors (Lipinski definition) is 4. The van der Waals surface area contributed by atoms with Crippen molar-refractivity contribution in [3.05, 3.63) is 93.6 Å². The van der Waals surface area contributed by atoms with Gasteiger partial charge in [0.15, 0.2) is 0 Å². The lowest BCUT2D eigenvalue weighted by atomic mass is 9.70. The molecule has 0 radical (unpaired) electrons. The molecule has 6 aliphatic heterocycles. The lowest BCUT2D eigenvalue weighted by molar-refractivity contribution is 0.0693. The Balaban J connectivity index is 1.44. The summed E-state index contributed by atoms with van der Waals surface area (Å²) in [5.74, 6) is 2.12. The van der Waals surface area contributed by atoms with Crippen LogP contribution in [0.15, 0.2) is 49.1 Å². The van der Waals surface area contributed by atoms with Crippen molar-refractivity contribution in [2.24, 2.45) is 0 Å². The summed E-state index contributed by atoms with van der Waals surface area (Å²) in [6.45, 7) is 9.10. The average molecular weight is 530 g/mol. The van der Waals surface area contributed by atoms with Gasteiger partial charge in [-0.25, -0.2) is 0 Å². The van der Waals surface area contributed by atoms with Gasteiger partial charge in [-0.15, -0.1) is 6.58 Å². The Kier molecular flexibility index (Phi) is 4.69. The van der Waals surface area contributed by atoms with E-state index in [1.165, 1.54) is 46.5 Å². The summed E-state index contributed by atoms with van der Waals surface area (Å²) in [5, 5.41) is 0. The molecule has 1 amide bonds. The highest BCUT2D eigenvalue weighted by atomic mass is 16.5. The zero-order chi connectivity index (χ0) is 26.6. The summed E-state index contributed by atoms with van der Waals surface area (Å²) >= 11 is 0. The maximum atomic E-state index is 14.3. The molecule has 5 heteroatoms. The summed E-state index contributed by atoms with van der Waals surface area (Å²) in [7, 11) is 0. The molecule has 0 saturated heterocycles. The largest absolute Gasteiger partial charge is 0.456 e. The third-order valence-electron chi connectivity index (χ3n) is 10.4. The summed E-state index contributed by atoms with van der Waals surface area (Å²) in [5.41, 5.74) is 11.9. The van der Waals surface area contributed by atoms with Crippen LogP contribution in [-0.4, -0.2) is 43.5 Å². The molecule has 0 aliphatic carbocycles. The van der Waals surface area contributed by atoms with Gasteiger partial charge in [-0.2, -0.15) is 0 Å². The smallest absolute Gasteiger partial charge is 0.255 e. The van der Waals surface area contributed by atoms with E-state index in [-0.39, 0.29) is 5.91 Å². The molecule has 5 nitrogen and oxygen atoms in total. The highest BCUT2D eigenvalue weighted by Crippen LogP contribution is 2.62. The standard InChI is InChI=1S/C35H35N3O2/c1-2-15-38-34(39)24-11-3-4-14-27(24)35(38)28-20-22-9-5-16-36-18-7-12-25(30(22)36)32(28)40-33-26-13-8-19-37-17-6-10-23(31(26)37)21-29(33)35/h2-4,11,14,20-21H,1,5-10,12-13,15-19H2. The molecule has 6 heterocycles. The molecule has 0 bridgehead atoms. The second kappa shape index (κ2) is 8.15. The number of carbonyl (C=O) groups is 1. The Hall–Kier alpha value is -3.73. The molecule has 3 aromatic carbocycles. The second-order valence-electron chi connectivity index (χ2n) is 12.4. The quantitative estimate of drug-likeness (QED) is 0.375. The van der Waals surface area contributed by atoms with E-state index < -0.39 is 5.54 Å². The fraction of sp³-hybridized carbons (Fsp3) is 0.400. The Bertz CT molecular complexity index is 1550.